The third kappa shape index (κ3) is 3.12. The summed E-state index contributed by atoms with van der Waals surface area (Å²) in [5.41, 5.74) is 2.45. The van der Waals surface area contributed by atoms with E-state index in [-0.39, 0.29) is 0 Å². The Morgan fingerprint density at radius 1 is 1.22 bits per heavy atom. The van der Waals surface area contributed by atoms with Crippen molar-refractivity contribution >= 4 is 0 Å². The normalized spacial score (nSPS) is 19.4. The summed E-state index contributed by atoms with van der Waals surface area (Å²) < 4.78 is 0. The van der Waals surface area contributed by atoms with Crippen LogP contribution in [0.2, 0.25) is 0 Å². The van der Waals surface area contributed by atoms with Crippen LogP contribution in [-0.4, -0.2) is 47.1 Å². The molecule has 102 valence electrons. The van der Waals surface area contributed by atoms with Crippen LogP contribution in [0.1, 0.15) is 43.9 Å². The van der Waals surface area contributed by atoms with Gasteiger partial charge in [-0.1, -0.05) is 13.8 Å². The standard InChI is InChI=1S/C14H26N4/c1-10(2)14-12(4)16-13(17-14)9-11(3)18-7-5-15-6-8-18/h10-11,15H,5-9H2,1-4H3,(H,16,17). The van der Waals surface area contributed by atoms with Crippen molar-refractivity contribution in [3.8, 4) is 0 Å². The number of aromatic nitrogens is 2. The van der Waals surface area contributed by atoms with Gasteiger partial charge in [0.25, 0.3) is 0 Å². The van der Waals surface area contributed by atoms with Gasteiger partial charge in [-0.2, -0.15) is 0 Å². The predicted molar refractivity (Wildman–Crippen MR) is 75.0 cm³/mol. The molecule has 0 aromatic carbocycles. The minimum Gasteiger partial charge on any atom is -0.346 e. The smallest absolute Gasteiger partial charge is 0.108 e. The first-order chi connectivity index (χ1) is 8.58. The van der Waals surface area contributed by atoms with E-state index in [4.69, 9.17) is 4.98 Å². The number of rotatable bonds is 4. The summed E-state index contributed by atoms with van der Waals surface area (Å²) in [7, 11) is 0. The van der Waals surface area contributed by atoms with Crippen LogP contribution in [0.4, 0.5) is 0 Å². The van der Waals surface area contributed by atoms with Gasteiger partial charge >= 0.3 is 0 Å². The van der Waals surface area contributed by atoms with Gasteiger partial charge in [0.2, 0.25) is 0 Å². The van der Waals surface area contributed by atoms with Gasteiger partial charge in [0.1, 0.15) is 5.82 Å². The average molecular weight is 250 g/mol. The maximum Gasteiger partial charge on any atom is 0.108 e. The molecule has 1 aliphatic heterocycles. The fourth-order valence-corrected chi connectivity index (χ4v) is 2.73. The molecule has 0 amide bonds. The molecule has 4 heteroatoms. The first-order valence-electron chi connectivity index (χ1n) is 7.08. The average Bonchev–Trinajstić information content (AvgIpc) is 2.71. The van der Waals surface area contributed by atoms with Crippen LogP contribution in [0.5, 0.6) is 0 Å². The van der Waals surface area contributed by atoms with Gasteiger partial charge in [-0.15, -0.1) is 0 Å². The van der Waals surface area contributed by atoms with Crippen molar-refractivity contribution in [1.82, 2.24) is 20.2 Å². The Bertz CT molecular complexity index is 377. The number of aromatic amines is 1. The Kier molecular flexibility index (Phi) is 4.40. The number of piperazine rings is 1. The third-order valence-corrected chi connectivity index (χ3v) is 3.78. The van der Waals surface area contributed by atoms with Gasteiger partial charge in [0, 0.05) is 44.3 Å². The zero-order valence-electron chi connectivity index (χ0n) is 12.1. The monoisotopic (exact) mass is 250 g/mol. The van der Waals surface area contributed by atoms with Gasteiger partial charge in [0.15, 0.2) is 0 Å². The number of nitrogens with zero attached hydrogens (tertiary/aromatic N) is 2. The molecule has 0 bridgehead atoms. The minimum atomic E-state index is 0.504. The third-order valence-electron chi connectivity index (χ3n) is 3.78. The summed E-state index contributed by atoms with van der Waals surface area (Å²) in [5.74, 6) is 1.65. The summed E-state index contributed by atoms with van der Waals surface area (Å²) in [4.78, 5) is 10.7. The van der Waals surface area contributed by atoms with Crippen molar-refractivity contribution in [2.75, 3.05) is 26.2 Å². The lowest BCUT2D eigenvalue weighted by Gasteiger charge is -2.32. The molecular formula is C14H26N4. The lowest BCUT2D eigenvalue weighted by Crippen LogP contribution is -2.48. The van der Waals surface area contributed by atoms with Crippen LogP contribution >= 0.6 is 0 Å². The Hall–Kier alpha value is -0.870. The van der Waals surface area contributed by atoms with Gasteiger partial charge in [-0.25, -0.2) is 4.98 Å². The van der Waals surface area contributed by atoms with Crippen molar-refractivity contribution in [2.24, 2.45) is 0 Å². The van der Waals surface area contributed by atoms with Crippen LogP contribution in [-0.2, 0) is 6.42 Å². The summed E-state index contributed by atoms with van der Waals surface area (Å²) in [6.45, 7) is 13.4. The molecular weight excluding hydrogens is 224 g/mol. The molecule has 2 N–H and O–H groups in total. The molecule has 1 aliphatic rings. The molecule has 2 rings (SSSR count). The van der Waals surface area contributed by atoms with Crippen molar-refractivity contribution in [3.63, 3.8) is 0 Å². The first-order valence-corrected chi connectivity index (χ1v) is 7.08. The molecule has 0 aliphatic carbocycles. The predicted octanol–water partition coefficient (Wildman–Crippen LogP) is 1.68. The second-order valence-electron chi connectivity index (χ2n) is 5.69. The van der Waals surface area contributed by atoms with Crippen LogP contribution in [0, 0.1) is 6.92 Å². The Balaban J connectivity index is 1.97. The van der Waals surface area contributed by atoms with E-state index < -0.39 is 0 Å². The summed E-state index contributed by atoms with van der Waals surface area (Å²) in [5, 5.41) is 3.40. The van der Waals surface area contributed by atoms with Crippen molar-refractivity contribution < 1.29 is 0 Å². The fourth-order valence-electron chi connectivity index (χ4n) is 2.73. The SMILES string of the molecule is Cc1[nH]c(CC(C)N2CCNCC2)nc1C(C)C. The van der Waals surface area contributed by atoms with Crippen molar-refractivity contribution in [3.05, 3.63) is 17.2 Å². The highest BCUT2D eigenvalue weighted by atomic mass is 15.2. The largest absolute Gasteiger partial charge is 0.346 e. The molecule has 4 nitrogen and oxygen atoms in total. The van der Waals surface area contributed by atoms with Crippen LogP contribution in [0.15, 0.2) is 0 Å². The van der Waals surface area contributed by atoms with Gasteiger partial charge in [-0.05, 0) is 19.8 Å². The van der Waals surface area contributed by atoms with Crippen LogP contribution in [0.25, 0.3) is 0 Å². The molecule has 0 spiro atoms. The number of aryl methyl sites for hydroxylation is 1. The first kappa shape index (κ1) is 13.6. The number of H-pyrrole nitrogens is 1. The molecule has 0 radical (unpaired) electrons. The molecule has 1 saturated heterocycles. The lowest BCUT2D eigenvalue weighted by molar-refractivity contribution is 0.182. The van der Waals surface area contributed by atoms with E-state index in [1.807, 2.05) is 0 Å². The van der Waals surface area contributed by atoms with E-state index in [2.05, 4.69) is 42.9 Å². The van der Waals surface area contributed by atoms with Gasteiger partial charge < -0.3 is 10.3 Å². The summed E-state index contributed by atoms with van der Waals surface area (Å²) >= 11 is 0. The highest BCUT2D eigenvalue weighted by Crippen LogP contribution is 2.17. The number of hydrogen-bond acceptors (Lipinski definition) is 3. The molecule has 0 saturated carbocycles. The number of hydrogen-bond donors (Lipinski definition) is 2. The Morgan fingerprint density at radius 2 is 1.89 bits per heavy atom. The lowest BCUT2D eigenvalue weighted by atomic mass is 10.1. The summed E-state index contributed by atoms with van der Waals surface area (Å²) in [6, 6.07) is 0.567. The van der Waals surface area contributed by atoms with E-state index in [0.29, 0.717) is 12.0 Å². The van der Waals surface area contributed by atoms with Crippen molar-refractivity contribution in [1.29, 1.82) is 0 Å². The zero-order chi connectivity index (χ0) is 13.1. The van der Waals surface area contributed by atoms with Gasteiger partial charge in [-0.3, -0.25) is 4.90 Å². The molecule has 1 aromatic heterocycles. The highest BCUT2D eigenvalue weighted by Gasteiger charge is 2.19. The number of imidazole rings is 1. The Morgan fingerprint density at radius 3 is 2.44 bits per heavy atom. The van der Waals surface area contributed by atoms with E-state index in [9.17, 15) is 0 Å². The number of nitrogens with one attached hydrogen (secondary N) is 2. The fraction of sp³-hybridized carbons (Fsp3) is 0.786. The molecule has 18 heavy (non-hydrogen) atoms. The van der Waals surface area contributed by atoms with Crippen LogP contribution in [0.3, 0.4) is 0 Å². The van der Waals surface area contributed by atoms with Gasteiger partial charge in [0.05, 0.1) is 5.69 Å². The van der Waals surface area contributed by atoms with Crippen molar-refractivity contribution in [2.45, 2.75) is 46.1 Å². The highest BCUT2D eigenvalue weighted by molar-refractivity contribution is 5.16. The van der Waals surface area contributed by atoms with Crippen LogP contribution < -0.4 is 5.32 Å². The molecule has 1 atom stereocenters. The maximum absolute atomic E-state index is 4.75. The molecule has 2 heterocycles. The molecule has 1 aromatic rings. The topological polar surface area (TPSA) is 44.0 Å². The van der Waals surface area contributed by atoms with E-state index in [1.165, 1.54) is 11.4 Å². The van der Waals surface area contributed by atoms with E-state index in [1.54, 1.807) is 0 Å². The quantitative estimate of drug-likeness (QED) is 0.854. The van der Waals surface area contributed by atoms with E-state index in [0.717, 1.165) is 38.4 Å². The summed E-state index contributed by atoms with van der Waals surface area (Å²) in [6.07, 6.45) is 1.02. The zero-order valence-corrected chi connectivity index (χ0v) is 12.1. The second-order valence-corrected chi connectivity index (χ2v) is 5.69. The second kappa shape index (κ2) is 5.85. The molecule has 1 unspecified atom stereocenters. The Labute approximate surface area is 110 Å². The maximum atomic E-state index is 4.75. The van der Waals surface area contributed by atoms with E-state index >= 15 is 0 Å². The minimum absolute atomic E-state index is 0.504. The molecule has 1 fully saturated rings.